The quantitative estimate of drug-likeness (QED) is 0.223. The largest absolute Gasteiger partial charge is 0.456 e. The molecule has 0 aliphatic carbocycles. The Balaban J connectivity index is 1.22. The van der Waals surface area contributed by atoms with Gasteiger partial charge in [-0.3, -0.25) is 0 Å². The third kappa shape index (κ3) is 4.05. The first kappa shape index (κ1) is 23.3. The lowest BCUT2D eigenvalue weighted by Gasteiger charge is -2.25. The van der Waals surface area contributed by atoms with E-state index in [2.05, 4.69) is 89.8 Å². The van der Waals surface area contributed by atoms with E-state index < -0.39 is 0 Å². The monoisotopic (exact) mass is 528 g/mol. The van der Waals surface area contributed by atoms with Gasteiger partial charge in [0.15, 0.2) is 5.58 Å². The van der Waals surface area contributed by atoms with Gasteiger partial charge in [0.2, 0.25) is 5.89 Å². The van der Waals surface area contributed by atoms with Crippen LogP contribution in [-0.2, 0) is 0 Å². The lowest BCUT2D eigenvalue weighted by atomic mass is 10.0. The molecular weight excluding hydrogens is 504 g/mol. The normalized spacial score (nSPS) is 11.4. The number of rotatable bonds is 5. The first-order chi connectivity index (χ1) is 20.3. The number of anilines is 3. The SMILES string of the molecule is c1ccc(-c2nc3ccc4oc5ccc(-c6ccc(N(c7ccccc7)c7ccccc7)cc6)cc5c4c3o2)cc1. The molecule has 0 radical (unpaired) electrons. The van der Waals surface area contributed by atoms with Crippen LogP contribution >= 0.6 is 0 Å². The highest BCUT2D eigenvalue weighted by molar-refractivity contribution is 6.17. The van der Waals surface area contributed by atoms with Crippen LogP contribution in [0.4, 0.5) is 17.1 Å². The zero-order chi connectivity index (χ0) is 27.2. The third-order valence-corrected chi connectivity index (χ3v) is 7.50. The number of oxazole rings is 1. The van der Waals surface area contributed by atoms with Crippen molar-refractivity contribution in [2.24, 2.45) is 0 Å². The molecule has 2 aromatic heterocycles. The van der Waals surface area contributed by atoms with E-state index in [4.69, 9.17) is 13.8 Å². The Morgan fingerprint density at radius 1 is 0.463 bits per heavy atom. The van der Waals surface area contributed by atoms with E-state index in [1.165, 1.54) is 0 Å². The van der Waals surface area contributed by atoms with Gasteiger partial charge in [-0.2, -0.15) is 0 Å². The van der Waals surface area contributed by atoms with Crippen molar-refractivity contribution in [1.29, 1.82) is 0 Å². The van der Waals surface area contributed by atoms with Gasteiger partial charge in [-0.25, -0.2) is 4.98 Å². The summed E-state index contributed by atoms with van der Waals surface area (Å²) >= 11 is 0. The Hall–Kier alpha value is -5.61. The molecule has 0 N–H and O–H groups in total. The van der Waals surface area contributed by atoms with Crippen LogP contribution < -0.4 is 4.90 Å². The van der Waals surface area contributed by atoms with Crippen LogP contribution in [0.2, 0.25) is 0 Å². The Labute approximate surface area is 236 Å². The molecule has 2 heterocycles. The van der Waals surface area contributed by atoms with Gasteiger partial charge in [0.25, 0.3) is 0 Å². The van der Waals surface area contributed by atoms with E-state index in [-0.39, 0.29) is 0 Å². The standard InChI is InChI=1S/C37H24N2O2/c1-4-10-26(11-5-1)37-38-32-21-23-34-35(36(32)41-37)31-24-27(18-22-33(31)40-34)25-16-19-30(20-17-25)39(28-12-6-2-7-13-28)29-14-8-3-9-15-29/h1-24H. The number of benzene rings is 6. The Kier molecular flexibility index (Phi) is 5.42. The molecule has 0 aliphatic heterocycles. The molecule has 8 aromatic rings. The minimum Gasteiger partial charge on any atom is -0.456 e. The molecule has 0 fully saturated rings. The van der Waals surface area contributed by atoms with Gasteiger partial charge in [0, 0.05) is 28.0 Å². The minimum atomic E-state index is 0.607. The van der Waals surface area contributed by atoms with E-state index >= 15 is 0 Å². The Morgan fingerprint density at radius 2 is 1.05 bits per heavy atom. The van der Waals surface area contributed by atoms with Crippen LogP contribution in [-0.4, -0.2) is 4.98 Å². The van der Waals surface area contributed by atoms with Crippen LogP contribution in [0.15, 0.2) is 154 Å². The van der Waals surface area contributed by atoms with Crippen molar-refractivity contribution in [1.82, 2.24) is 4.98 Å². The van der Waals surface area contributed by atoms with Crippen LogP contribution in [0.5, 0.6) is 0 Å². The van der Waals surface area contributed by atoms with Crippen LogP contribution in [0.25, 0.3) is 55.6 Å². The maximum atomic E-state index is 6.33. The molecule has 8 rings (SSSR count). The van der Waals surface area contributed by atoms with E-state index in [0.717, 1.165) is 66.8 Å². The zero-order valence-corrected chi connectivity index (χ0v) is 22.1. The highest BCUT2D eigenvalue weighted by atomic mass is 16.4. The lowest BCUT2D eigenvalue weighted by Crippen LogP contribution is -2.09. The second-order valence-electron chi connectivity index (χ2n) is 10.0. The molecular formula is C37H24N2O2. The predicted molar refractivity (Wildman–Crippen MR) is 167 cm³/mol. The number of para-hydroxylation sites is 2. The number of hydrogen-bond donors (Lipinski definition) is 0. The maximum absolute atomic E-state index is 6.33. The first-order valence-electron chi connectivity index (χ1n) is 13.6. The van der Waals surface area contributed by atoms with Gasteiger partial charge in [-0.05, 0) is 83.9 Å². The van der Waals surface area contributed by atoms with E-state index in [1.54, 1.807) is 0 Å². The number of fused-ring (bicyclic) bond motifs is 5. The summed E-state index contributed by atoms with van der Waals surface area (Å²) in [5, 5.41) is 1.96. The summed E-state index contributed by atoms with van der Waals surface area (Å²) in [7, 11) is 0. The number of aromatic nitrogens is 1. The van der Waals surface area contributed by atoms with Crippen molar-refractivity contribution in [2.75, 3.05) is 4.90 Å². The smallest absolute Gasteiger partial charge is 0.227 e. The van der Waals surface area contributed by atoms with Crippen molar-refractivity contribution in [3.63, 3.8) is 0 Å². The van der Waals surface area contributed by atoms with E-state index in [0.29, 0.717) is 5.89 Å². The molecule has 4 nitrogen and oxygen atoms in total. The molecule has 0 amide bonds. The minimum absolute atomic E-state index is 0.607. The summed E-state index contributed by atoms with van der Waals surface area (Å²) in [6.07, 6.45) is 0. The summed E-state index contributed by atoms with van der Waals surface area (Å²) < 4.78 is 12.5. The van der Waals surface area contributed by atoms with Gasteiger partial charge in [0.1, 0.15) is 16.7 Å². The highest BCUT2D eigenvalue weighted by Gasteiger charge is 2.17. The number of hydrogen-bond acceptors (Lipinski definition) is 4. The van der Waals surface area contributed by atoms with Gasteiger partial charge < -0.3 is 13.7 Å². The van der Waals surface area contributed by atoms with Crippen molar-refractivity contribution >= 4 is 50.1 Å². The topological polar surface area (TPSA) is 42.4 Å². The van der Waals surface area contributed by atoms with Crippen LogP contribution in [0.1, 0.15) is 0 Å². The van der Waals surface area contributed by atoms with Crippen LogP contribution in [0.3, 0.4) is 0 Å². The van der Waals surface area contributed by atoms with Crippen molar-refractivity contribution in [3.05, 3.63) is 146 Å². The Morgan fingerprint density at radius 3 is 1.73 bits per heavy atom. The third-order valence-electron chi connectivity index (χ3n) is 7.50. The molecule has 0 atom stereocenters. The molecule has 0 unspecified atom stereocenters. The van der Waals surface area contributed by atoms with Crippen LogP contribution in [0, 0.1) is 0 Å². The fraction of sp³-hybridized carbons (Fsp3) is 0. The second-order valence-corrected chi connectivity index (χ2v) is 10.0. The first-order valence-corrected chi connectivity index (χ1v) is 13.6. The van der Waals surface area contributed by atoms with Gasteiger partial charge in [0.05, 0.1) is 5.39 Å². The maximum Gasteiger partial charge on any atom is 0.227 e. The molecule has 41 heavy (non-hydrogen) atoms. The Bertz CT molecular complexity index is 2090. The van der Waals surface area contributed by atoms with Gasteiger partial charge in [-0.15, -0.1) is 0 Å². The van der Waals surface area contributed by atoms with E-state index in [9.17, 15) is 0 Å². The van der Waals surface area contributed by atoms with E-state index in [1.807, 2.05) is 60.7 Å². The van der Waals surface area contributed by atoms with Gasteiger partial charge >= 0.3 is 0 Å². The molecule has 0 saturated heterocycles. The molecule has 0 aliphatic rings. The van der Waals surface area contributed by atoms with Crippen molar-refractivity contribution < 1.29 is 8.83 Å². The number of furan rings is 1. The predicted octanol–water partition coefficient (Wildman–Crippen LogP) is 10.5. The molecule has 0 bridgehead atoms. The van der Waals surface area contributed by atoms with Crippen molar-refractivity contribution in [2.45, 2.75) is 0 Å². The summed E-state index contributed by atoms with van der Waals surface area (Å²) in [4.78, 5) is 7.03. The summed E-state index contributed by atoms with van der Waals surface area (Å²) in [6, 6.07) is 49.8. The summed E-state index contributed by atoms with van der Waals surface area (Å²) in [5.74, 6) is 0.607. The molecule has 0 saturated carbocycles. The lowest BCUT2D eigenvalue weighted by molar-refractivity contribution is 0.622. The molecule has 6 aromatic carbocycles. The molecule has 4 heteroatoms. The average Bonchev–Trinajstić information content (AvgIpc) is 3.64. The molecule has 194 valence electrons. The van der Waals surface area contributed by atoms with Crippen molar-refractivity contribution in [3.8, 4) is 22.6 Å². The number of nitrogens with zero attached hydrogens (tertiary/aromatic N) is 2. The summed E-state index contributed by atoms with van der Waals surface area (Å²) in [6.45, 7) is 0. The average molecular weight is 529 g/mol. The fourth-order valence-corrected chi connectivity index (χ4v) is 5.53. The zero-order valence-electron chi connectivity index (χ0n) is 22.1. The second kappa shape index (κ2) is 9.54. The summed E-state index contributed by atoms with van der Waals surface area (Å²) in [5.41, 5.74) is 9.68. The molecule has 0 spiro atoms. The highest BCUT2D eigenvalue weighted by Crippen LogP contribution is 2.39. The van der Waals surface area contributed by atoms with Gasteiger partial charge in [-0.1, -0.05) is 72.8 Å². The fourth-order valence-electron chi connectivity index (χ4n) is 5.53.